The molecule has 6 nitrogen and oxygen atoms in total. The van der Waals surface area contributed by atoms with Gasteiger partial charge in [-0.3, -0.25) is 10.5 Å². The standard InChI is InChI=1S/C11H12NO5/c1-16-9-4-7(5-10(12)13)2-3-8(9)17-6-11(14)15/h2-4,12H,5-6H2,1H3,(H,14,15). The summed E-state index contributed by atoms with van der Waals surface area (Å²) in [5.41, 5.74) is 7.46. The second kappa shape index (κ2) is 5.74. The molecule has 1 amide bonds. The molecule has 0 unspecified atom stereocenters. The van der Waals surface area contributed by atoms with Crippen molar-refractivity contribution in [3.8, 4) is 11.5 Å². The Hall–Kier alpha value is -2.24. The first-order valence-corrected chi connectivity index (χ1v) is 4.79. The fraction of sp³-hybridized carbons (Fsp3) is 0.273. The smallest absolute Gasteiger partial charge is 0.341 e. The van der Waals surface area contributed by atoms with Crippen molar-refractivity contribution in [2.75, 3.05) is 13.7 Å². The molecule has 1 radical (unpaired) electrons. The molecule has 1 aromatic rings. The lowest BCUT2D eigenvalue weighted by molar-refractivity contribution is -0.139. The minimum absolute atomic E-state index is 0.0183. The molecule has 0 heterocycles. The fourth-order valence-electron chi connectivity index (χ4n) is 1.27. The molecular formula is C11H12NO5. The first kappa shape index (κ1) is 12.8. The maximum atomic E-state index is 10.6. The van der Waals surface area contributed by atoms with Crippen LogP contribution in [-0.4, -0.2) is 30.7 Å². The van der Waals surface area contributed by atoms with Gasteiger partial charge in [0, 0.05) is 0 Å². The molecule has 0 bridgehead atoms. The van der Waals surface area contributed by atoms with Gasteiger partial charge < -0.3 is 14.6 Å². The molecule has 0 saturated heterocycles. The van der Waals surface area contributed by atoms with Crippen LogP contribution in [0, 0.1) is 0 Å². The number of aliphatic carboxylic acids is 1. The Labute approximate surface area is 97.9 Å². The van der Waals surface area contributed by atoms with Crippen molar-refractivity contribution in [1.29, 1.82) is 0 Å². The molecule has 0 atom stereocenters. The summed E-state index contributed by atoms with van der Waals surface area (Å²) in [6.07, 6.45) is -0.0183. The molecule has 0 aromatic heterocycles. The number of amides is 1. The van der Waals surface area contributed by atoms with Gasteiger partial charge >= 0.3 is 5.97 Å². The highest BCUT2D eigenvalue weighted by Gasteiger charge is 2.09. The summed E-state index contributed by atoms with van der Waals surface area (Å²) < 4.78 is 10.0. The number of nitrogens with one attached hydrogen (secondary N) is 1. The van der Waals surface area contributed by atoms with E-state index in [0.29, 0.717) is 11.3 Å². The predicted molar refractivity (Wildman–Crippen MR) is 57.9 cm³/mol. The second-order valence-electron chi connectivity index (χ2n) is 3.27. The van der Waals surface area contributed by atoms with Crippen LogP contribution in [0.5, 0.6) is 11.5 Å². The van der Waals surface area contributed by atoms with E-state index in [0.717, 1.165) is 0 Å². The second-order valence-corrected chi connectivity index (χ2v) is 3.27. The average molecular weight is 238 g/mol. The maximum Gasteiger partial charge on any atom is 0.341 e. The Morgan fingerprint density at radius 2 is 2.06 bits per heavy atom. The van der Waals surface area contributed by atoms with E-state index in [2.05, 4.69) is 0 Å². The number of carbonyl (C=O) groups is 2. The number of rotatable bonds is 6. The van der Waals surface area contributed by atoms with E-state index < -0.39 is 18.5 Å². The van der Waals surface area contributed by atoms with Gasteiger partial charge in [0.05, 0.1) is 13.5 Å². The number of ether oxygens (including phenoxy) is 2. The molecule has 6 heteroatoms. The quantitative estimate of drug-likeness (QED) is 0.778. The van der Waals surface area contributed by atoms with Gasteiger partial charge in [-0.05, 0) is 17.7 Å². The van der Waals surface area contributed by atoms with Crippen LogP contribution in [0.4, 0.5) is 0 Å². The number of benzene rings is 1. The SMILES string of the molecule is COc1cc(CC([NH])=O)ccc1OCC(=O)O. The molecule has 1 rings (SSSR count). The minimum atomic E-state index is -1.09. The molecule has 1 aromatic carbocycles. The summed E-state index contributed by atoms with van der Waals surface area (Å²) >= 11 is 0. The Morgan fingerprint density at radius 1 is 1.35 bits per heavy atom. The maximum absolute atomic E-state index is 10.6. The average Bonchev–Trinajstić information content (AvgIpc) is 2.26. The lowest BCUT2D eigenvalue weighted by Crippen LogP contribution is -2.10. The number of hydrogen-bond donors (Lipinski definition) is 1. The molecule has 0 aliphatic rings. The van der Waals surface area contributed by atoms with Crippen LogP contribution in [-0.2, 0) is 16.0 Å². The van der Waals surface area contributed by atoms with E-state index in [-0.39, 0.29) is 12.2 Å². The van der Waals surface area contributed by atoms with Crippen LogP contribution in [0.3, 0.4) is 0 Å². The molecule has 0 spiro atoms. The van der Waals surface area contributed by atoms with E-state index in [4.69, 9.17) is 20.3 Å². The lowest BCUT2D eigenvalue weighted by Gasteiger charge is -2.10. The number of carboxylic acids is 1. The number of methoxy groups -OCH3 is 1. The van der Waals surface area contributed by atoms with Crippen LogP contribution in [0.2, 0.25) is 0 Å². The van der Waals surface area contributed by atoms with Crippen molar-refractivity contribution in [1.82, 2.24) is 5.73 Å². The highest BCUT2D eigenvalue weighted by atomic mass is 16.5. The zero-order valence-corrected chi connectivity index (χ0v) is 9.23. The first-order chi connectivity index (χ1) is 8.02. The third kappa shape index (κ3) is 4.02. The van der Waals surface area contributed by atoms with Crippen molar-refractivity contribution in [3.05, 3.63) is 23.8 Å². The molecule has 2 N–H and O–H groups in total. The van der Waals surface area contributed by atoms with Crippen molar-refractivity contribution >= 4 is 11.9 Å². The molecule has 0 saturated carbocycles. The van der Waals surface area contributed by atoms with Crippen LogP contribution in [0.25, 0.3) is 0 Å². The Morgan fingerprint density at radius 3 is 2.59 bits per heavy atom. The Kier molecular flexibility index (Phi) is 4.33. The highest BCUT2D eigenvalue weighted by Crippen LogP contribution is 2.28. The van der Waals surface area contributed by atoms with E-state index >= 15 is 0 Å². The first-order valence-electron chi connectivity index (χ1n) is 4.79. The number of carbonyl (C=O) groups excluding carboxylic acids is 1. The lowest BCUT2D eigenvalue weighted by atomic mass is 10.1. The fourth-order valence-corrected chi connectivity index (χ4v) is 1.27. The minimum Gasteiger partial charge on any atom is -0.493 e. The van der Waals surface area contributed by atoms with Gasteiger partial charge in [0.1, 0.15) is 0 Å². The van der Waals surface area contributed by atoms with E-state index in [1.165, 1.54) is 13.2 Å². The molecule has 0 fully saturated rings. The van der Waals surface area contributed by atoms with Crippen LogP contribution in [0.15, 0.2) is 18.2 Å². The zero-order chi connectivity index (χ0) is 12.8. The van der Waals surface area contributed by atoms with E-state index in [1.54, 1.807) is 12.1 Å². The molecule has 91 valence electrons. The number of carboxylic acid groups (broad SMARTS) is 1. The van der Waals surface area contributed by atoms with Crippen LogP contribution >= 0.6 is 0 Å². The molecular weight excluding hydrogens is 226 g/mol. The Balaban J connectivity index is 2.85. The summed E-state index contributed by atoms with van der Waals surface area (Å²) in [5, 5.41) is 8.48. The largest absolute Gasteiger partial charge is 0.493 e. The molecule has 0 aliphatic carbocycles. The van der Waals surface area contributed by atoms with Crippen molar-refractivity contribution < 1.29 is 24.2 Å². The number of hydrogen-bond acceptors (Lipinski definition) is 4. The third-order valence-electron chi connectivity index (χ3n) is 1.94. The van der Waals surface area contributed by atoms with E-state index in [9.17, 15) is 9.59 Å². The van der Waals surface area contributed by atoms with Gasteiger partial charge in [-0.25, -0.2) is 4.79 Å². The predicted octanol–water partition coefficient (Wildman–Crippen LogP) is 0.511. The van der Waals surface area contributed by atoms with Crippen molar-refractivity contribution in [2.24, 2.45) is 0 Å². The monoisotopic (exact) mass is 238 g/mol. The normalized spacial score (nSPS) is 9.71. The zero-order valence-electron chi connectivity index (χ0n) is 9.23. The summed E-state index contributed by atoms with van der Waals surface area (Å²) in [6, 6.07) is 4.65. The summed E-state index contributed by atoms with van der Waals surface area (Å²) in [7, 11) is 1.41. The van der Waals surface area contributed by atoms with Crippen LogP contribution in [0.1, 0.15) is 5.56 Å². The molecule has 0 aliphatic heterocycles. The summed E-state index contributed by atoms with van der Waals surface area (Å²) in [5.74, 6) is -1.16. The molecule has 17 heavy (non-hydrogen) atoms. The topological polar surface area (TPSA) is 96.6 Å². The summed E-state index contributed by atoms with van der Waals surface area (Å²) in [6.45, 7) is -0.465. The van der Waals surface area contributed by atoms with Crippen molar-refractivity contribution in [2.45, 2.75) is 6.42 Å². The van der Waals surface area contributed by atoms with Gasteiger partial charge in [-0.15, -0.1) is 0 Å². The van der Waals surface area contributed by atoms with Gasteiger partial charge in [0.15, 0.2) is 18.1 Å². The Bertz CT molecular complexity index is 430. The van der Waals surface area contributed by atoms with Crippen molar-refractivity contribution in [3.63, 3.8) is 0 Å². The summed E-state index contributed by atoms with van der Waals surface area (Å²) in [4.78, 5) is 21.0. The van der Waals surface area contributed by atoms with Gasteiger partial charge in [-0.1, -0.05) is 6.07 Å². The van der Waals surface area contributed by atoms with Gasteiger partial charge in [0.25, 0.3) is 0 Å². The third-order valence-corrected chi connectivity index (χ3v) is 1.94. The highest BCUT2D eigenvalue weighted by molar-refractivity contribution is 5.76. The van der Waals surface area contributed by atoms with Gasteiger partial charge in [-0.2, -0.15) is 0 Å². The van der Waals surface area contributed by atoms with Gasteiger partial charge in [0.2, 0.25) is 5.91 Å². The van der Waals surface area contributed by atoms with E-state index in [1.807, 2.05) is 0 Å². The van der Waals surface area contributed by atoms with Crippen LogP contribution < -0.4 is 15.2 Å².